The van der Waals surface area contributed by atoms with E-state index in [-0.39, 0.29) is 17.4 Å². The summed E-state index contributed by atoms with van der Waals surface area (Å²) in [4.78, 5) is 23.8. The van der Waals surface area contributed by atoms with Gasteiger partial charge in [-0.2, -0.15) is 0 Å². The highest BCUT2D eigenvalue weighted by Crippen LogP contribution is 2.21. The van der Waals surface area contributed by atoms with Gasteiger partial charge in [-0.05, 0) is 31.0 Å². The standard InChI is InChI=1S/C14H16FNO3/c1-19-12-7-6-9(15)8-11(12)13(17)14(18)16-10-4-2-3-5-10/h6-8,10H,2-5H2,1H3,(H,16,18). The van der Waals surface area contributed by atoms with Gasteiger partial charge in [0.15, 0.2) is 0 Å². The van der Waals surface area contributed by atoms with Gasteiger partial charge in [-0.3, -0.25) is 9.59 Å². The largest absolute Gasteiger partial charge is 0.496 e. The topological polar surface area (TPSA) is 55.4 Å². The fourth-order valence-electron chi connectivity index (χ4n) is 2.30. The Morgan fingerprint density at radius 1 is 1.32 bits per heavy atom. The summed E-state index contributed by atoms with van der Waals surface area (Å²) < 4.78 is 18.1. The van der Waals surface area contributed by atoms with Crippen molar-refractivity contribution in [3.05, 3.63) is 29.6 Å². The highest BCUT2D eigenvalue weighted by molar-refractivity contribution is 6.43. The van der Waals surface area contributed by atoms with Gasteiger partial charge in [-0.25, -0.2) is 4.39 Å². The molecular weight excluding hydrogens is 249 g/mol. The highest BCUT2D eigenvalue weighted by Gasteiger charge is 2.24. The van der Waals surface area contributed by atoms with Gasteiger partial charge in [0.25, 0.3) is 11.7 Å². The van der Waals surface area contributed by atoms with Crippen LogP contribution in [0.4, 0.5) is 4.39 Å². The molecule has 1 amide bonds. The van der Waals surface area contributed by atoms with Crippen LogP contribution < -0.4 is 10.1 Å². The minimum Gasteiger partial charge on any atom is -0.496 e. The van der Waals surface area contributed by atoms with E-state index in [0.717, 1.165) is 31.7 Å². The summed E-state index contributed by atoms with van der Waals surface area (Å²) in [6, 6.07) is 3.60. The van der Waals surface area contributed by atoms with E-state index in [2.05, 4.69) is 5.32 Å². The summed E-state index contributed by atoms with van der Waals surface area (Å²) in [5.74, 6) is -1.83. The molecule has 1 N–H and O–H groups in total. The Bertz CT molecular complexity index is 495. The SMILES string of the molecule is COc1ccc(F)cc1C(=O)C(=O)NC1CCCC1. The van der Waals surface area contributed by atoms with Crippen molar-refractivity contribution < 1.29 is 18.7 Å². The molecule has 0 aliphatic heterocycles. The smallest absolute Gasteiger partial charge is 0.292 e. The van der Waals surface area contributed by atoms with Crippen LogP contribution in [0.2, 0.25) is 0 Å². The zero-order valence-electron chi connectivity index (χ0n) is 10.7. The Hall–Kier alpha value is -1.91. The Balaban J connectivity index is 2.13. The molecule has 0 unspecified atom stereocenters. The van der Waals surface area contributed by atoms with E-state index in [0.29, 0.717) is 0 Å². The summed E-state index contributed by atoms with van der Waals surface area (Å²) in [5.41, 5.74) is -0.0435. The molecule has 5 heteroatoms. The summed E-state index contributed by atoms with van der Waals surface area (Å²) in [6.07, 6.45) is 3.89. The van der Waals surface area contributed by atoms with Crippen LogP contribution in [0.15, 0.2) is 18.2 Å². The number of ether oxygens (including phenoxy) is 1. The number of methoxy groups -OCH3 is 1. The monoisotopic (exact) mass is 265 g/mol. The number of Topliss-reactive ketones (excluding diaryl/α,β-unsaturated/α-hetero) is 1. The van der Waals surface area contributed by atoms with E-state index >= 15 is 0 Å². The van der Waals surface area contributed by atoms with Gasteiger partial charge in [-0.15, -0.1) is 0 Å². The third-order valence-corrected chi connectivity index (χ3v) is 3.30. The van der Waals surface area contributed by atoms with Crippen molar-refractivity contribution in [1.82, 2.24) is 5.32 Å². The number of nitrogens with one attached hydrogen (secondary N) is 1. The van der Waals surface area contributed by atoms with Crippen molar-refractivity contribution in [2.75, 3.05) is 7.11 Å². The van der Waals surface area contributed by atoms with Crippen LogP contribution in [0.5, 0.6) is 5.75 Å². The average molecular weight is 265 g/mol. The lowest BCUT2D eigenvalue weighted by molar-refractivity contribution is -0.117. The second-order valence-electron chi connectivity index (χ2n) is 4.63. The minimum absolute atomic E-state index is 0.0435. The molecule has 0 aromatic heterocycles. The van der Waals surface area contributed by atoms with Crippen molar-refractivity contribution in [2.45, 2.75) is 31.7 Å². The first kappa shape index (κ1) is 13.5. The molecule has 0 radical (unpaired) electrons. The lowest BCUT2D eigenvalue weighted by atomic mass is 10.1. The average Bonchev–Trinajstić information content (AvgIpc) is 2.90. The maximum absolute atomic E-state index is 13.2. The third-order valence-electron chi connectivity index (χ3n) is 3.30. The van der Waals surface area contributed by atoms with Crippen LogP contribution >= 0.6 is 0 Å². The van der Waals surface area contributed by atoms with Crippen LogP contribution in [-0.4, -0.2) is 24.8 Å². The van der Waals surface area contributed by atoms with Gasteiger partial charge < -0.3 is 10.1 Å². The molecule has 0 heterocycles. The number of benzene rings is 1. The molecule has 0 bridgehead atoms. The quantitative estimate of drug-likeness (QED) is 0.670. The Morgan fingerprint density at radius 2 is 2.00 bits per heavy atom. The molecule has 1 aliphatic rings. The highest BCUT2D eigenvalue weighted by atomic mass is 19.1. The number of carbonyl (C=O) groups excluding carboxylic acids is 2. The molecule has 2 rings (SSSR count). The van der Waals surface area contributed by atoms with Crippen LogP contribution in [0.3, 0.4) is 0 Å². The zero-order valence-corrected chi connectivity index (χ0v) is 10.7. The van der Waals surface area contributed by atoms with E-state index in [1.54, 1.807) is 0 Å². The number of hydrogen-bond acceptors (Lipinski definition) is 3. The van der Waals surface area contributed by atoms with Gasteiger partial charge in [0.1, 0.15) is 11.6 Å². The van der Waals surface area contributed by atoms with E-state index in [1.807, 2.05) is 0 Å². The summed E-state index contributed by atoms with van der Waals surface area (Å²) >= 11 is 0. The normalized spacial score (nSPS) is 15.3. The van der Waals surface area contributed by atoms with Crippen molar-refractivity contribution in [1.29, 1.82) is 0 Å². The molecule has 1 aromatic rings. The fourth-order valence-corrected chi connectivity index (χ4v) is 2.30. The van der Waals surface area contributed by atoms with Gasteiger partial charge in [0.2, 0.25) is 0 Å². The molecule has 102 valence electrons. The predicted octanol–water partition coefficient (Wildman–Crippen LogP) is 2.08. The summed E-state index contributed by atoms with van der Waals surface area (Å²) in [5, 5.41) is 2.68. The van der Waals surface area contributed by atoms with E-state index in [9.17, 15) is 14.0 Å². The number of ketones is 1. The van der Waals surface area contributed by atoms with Gasteiger partial charge in [-0.1, -0.05) is 12.8 Å². The van der Waals surface area contributed by atoms with E-state index < -0.39 is 17.5 Å². The van der Waals surface area contributed by atoms with Crippen LogP contribution in [0.1, 0.15) is 36.0 Å². The van der Waals surface area contributed by atoms with E-state index in [4.69, 9.17) is 4.74 Å². The van der Waals surface area contributed by atoms with Gasteiger partial charge in [0, 0.05) is 6.04 Å². The second-order valence-corrected chi connectivity index (χ2v) is 4.63. The van der Waals surface area contributed by atoms with Crippen molar-refractivity contribution >= 4 is 11.7 Å². The Kier molecular flexibility index (Phi) is 4.14. The molecule has 19 heavy (non-hydrogen) atoms. The van der Waals surface area contributed by atoms with Gasteiger partial charge in [0.05, 0.1) is 12.7 Å². The minimum atomic E-state index is -0.761. The van der Waals surface area contributed by atoms with Crippen LogP contribution in [0, 0.1) is 5.82 Å². The number of halogens is 1. The van der Waals surface area contributed by atoms with Crippen molar-refractivity contribution in [3.8, 4) is 5.75 Å². The first-order chi connectivity index (χ1) is 9.11. The number of carbonyl (C=O) groups is 2. The molecular formula is C14H16FNO3. The first-order valence-corrected chi connectivity index (χ1v) is 6.30. The number of rotatable bonds is 4. The van der Waals surface area contributed by atoms with Crippen LogP contribution in [0.25, 0.3) is 0 Å². The Labute approximate surface area is 110 Å². The van der Waals surface area contributed by atoms with Crippen LogP contribution in [-0.2, 0) is 4.79 Å². The van der Waals surface area contributed by atoms with Crippen molar-refractivity contribution in [3.63, 3.8) is 0 Å². The number of amides is 1. The molecule has 0 spiro atoms. The molecule has 1 fully saturated rings. The molecule has 1 aliphatic carbocycles. The maximum atomic E-state index is 13.2. The molecule has 1 aromatic carbocycles. The second kappa shape index (κ2) is 5.82. The first-order valence-electron chi connectivity index (χ1n) is 6.30. The zero-order chi connectivity index (χ0) is 13.8. The van der Waals surface area contributed by atoms with Gasteiger partial charge >= 0.3 is 0 Å². The Morgan fingerprint density at radius 3 is 2.63 bits per heavy atom. The van der Waals surface area contributed by atoms with E-state index in [1.165, 1.54) is 19.2 Å². The summed E-state index contributed by atoms with van der Waals surface area (Å²) in [6.45, 7) is 0. The predicted molar refractivity (Wildman–Crippen MR) is 67.7 cm³/mol. The molecule has 0 saturated heterocycles. The molecule has 4 nitrogen and oxygen atoms in total. The molecule has 0 atom stereocenters. The molecule has 1 saturated carbocycles. The lowest BCUT2D eigenvalue weighted by Gasteiger charge is -2.12. The number of hydrogen-bond donors (Lipinski definition) is 1. The fraction of sp³-hybridized carbons (Fsp3) is 0.429. The van der Waals surface area contributed by atoms with Crippen molar-refractivity contribution in [2.24, 2.45) is 0 Å². The maximum Gasteiger partial charge on any atom is 0.292 e. The summed E-state index contributed by atoms with van der Waals surface area (Å²) in [7, 11) is 1.37. The third kappa shape index (κ3) is 3.10. The lowest BCUT2D eigenvalue weighted by Crippen LogP contribution is -2.37.